The number of benzene rings is 2. The van der Waals surface area contributed by atoms with E-state index in [2.05, 4.69) is 27.3 Å². The summed E-state index contributed by atoms with van der Waals surface area (Å²) in [5.41, 5.74) is 3.32. The number of anilines is 1. The van der Waals surface area contributed by atoms with Crippen molar-refractivity contribution < 1.29 is 14.6 Å². The van der Waals surface area contributed by atoms with Crippen molar-refractivity contribution in [2.45, 2.75) is 13.0 Å². The minimum atomic E-state index is 0.121. The van der Waals surface area contributed by atoms with E-state index in [0.717, 1.165) is 30.0 Å². The Bertz CT molecular complexity index is 673. The zero-order valence-electron chi connectivity index (χ0n) is 11.6. The standard InChI is InChI=1S/C16H16BrNO3/c1-20-15-7-10(6-13(17)16(15)19)9-18-12-2-3-14-11(8-12)4-5-21-14/h2-3,6-8,18-19H,4-5,9H2,1H3. The summed E-state index contributed by atoms with van der Waals surface area (Å²) in [6, 6.07) is 9.83. The monoisotopic (exact) mass is 349 g/mol. The first-order valence-corrected chi connectivity index (χ1v) is 7.51. The molecule has 0 fully saturated rings. The maximum absolute atomic E-state index is 9.81. The predicted octanol–water partition coefficient (Wildman–Crippen LogP) is 3.71. The Labute approximate surface area is 131 Å². The van der Waals surface area contributed by atoms with Gasteiger partial charge in [-0.15, -0.1) is 0 Å². The lowest BCUT2D eigenvalue weighted by Crippen LogP contribution is -2.00. The minimum Gasteiger partial charge on any atom is -0.503 e. The number of fused-ring (bicyclic) bond motifs is 1. The second kappa shape index (κ2) is 5.85. The third kappa shape index (κ3) is 2.93. The van der Waals surface area contributed by atoms with Gasteiger partial charge in [-0.2, -0.15) is 0 Å². The van der Waals surface area contributed by atoms with E-state index in [0.29, 0.717) is 16.8 Å². The van der Waals surface area contributed by atoms with Crippen molar-refractivity contribution in [3.8, 4) is 17.2 Å². The molecule has 2 aromatic rings. The largest absolute Gasteiger partial charge is 0.503 e. The van der Waals surface area contributed by atoms with Crippen molar-refractivity contribution >= 4 is 21.6 Å². The molecule has 0 aliphatic carbocycles. The Kier molecular flexibility index (Phi) is 3.92. The Morgan fingerprint density at radius 3 is 3.00 bits per heavy atom. The molecule has 1 aliphatic heterocycles. The van der Waals surface area contributed by atoms with Crippen molar-refractivity contribution in [3.05, 3.63) is 45.9 Å². The topological polar surface area (TPSA) is 50.7 Å². The number of rotatable bonds is 4. The summed E-state index contributed by atoms with van der Waals surface area (Å²) in [5.74, 6) is 1.56. The van der Waals surface area contributed by atoms with Gasteiger partial charge < -0.3 is 19.9 Å². The number of halogens is 1. The maximum atomic E-state index is 9.81. The number of methoxy groups -OCH3 is 1. The first-order chi connectivity index (χ1) is 10.2. The molecule has 0 saturated carbocycles. The summed E-state index contributed by atoms with van der Waals surface area (Å²) in [6.45, 7) is 1.41. The molecule has 110 valence electrons. The fourth-order valence-corrected chi connectivity index (χ4v) is 2.87. The molecule has 0 bridgehead atoms. The van der Waals surface area contributed by atoms with Crippen molar-refractivity contribution in [1.82, 2.24) is 0 Å². The molecule has 2 N–H and O–H groups in total. The van der Waals surface area contributed by atoms with Crippen LogP contribution < -0.4 is 14.8 Å². The zero-order valence-corrected chi connectivity index (χ0v) is 13.2. The van der Waals surface area contributed by atoms with Gasteiger partial charge in [0.05, 0.1) is 18.2 Å². The van der Waals surface area contributed by atoms with Crippen LogP contribution in [-0.4, -0.2) is 18.8 Å². The molecule has 3 rings (SSSR count). The lowest BCUT2D eigenvalue weighted by atomic mass is 10.1. The Morgan fingerprint density at radius 1 is 1.33 bits per heavy atom. The molecule has 4 nitrogen and oxygen atoms in total. The average molecular weight is 350 g/mol. The van der Waals surface area contributed by atoms with E-state index in [9.17, 15) is 5.11 Å². The van der Waals surface area contributed by atoms with Gasteiger partial charge >= 0.3 is 0 Å². The molecule has 1 aliphatic rings. The highest BCUT2D eigenvalue weighted by atomic mass is 79.9. The van der Waals surface area contributed by atoms with Gasteiger partial charge in [0.1, 0.15) is 5.75 Å². The van der Waals surface area contributed by atoms with Crippen LogP contribution in [0.3, 0.4) is 0 Å². The molecule has 0 spiro atoms. The van der Waals surface area contributed by atoms with Crippen LogP contribution in [0.1, 0.15) is 11.1 Å². The number of phenols is 1. The highest BCUT2D eigenvalue weighted by Gasteiger charge is 2.12. The molecule has 5 heteroatoms. The number of aromatic hydroxyl groups is 1. The predicted molar refractivity (Wildman–Crippen MR) is 85.3 cm³/mol. The summed E-state index contributed by atoms with van der Waals surface area (Å²) in [6.07, 6.45) is 0.962. The Morgan fingerprint density at radius 2 is 2.19 bits per heavy atom. The first kappa shape index (κ1) is 14.1. The van der Waals surface area contributed by atoms with Crippen molar-refractivity contribution in [2.24, 2.45) is 0 Å². The molecular weight excluding hydrogens is 334 g/mol. The van der Waals surface area contributed by atoms with E-state index >= 15 is 0 Å². The van der Waals surface area contributed by atoms with Crippen LogP contribution in [0.2, 0.25) is 0 Å². The molecule has 0 amide bonds. The van der Waals surface area contributed by atoms with Gasteiger partial charge in [0.2, 0.25) is 0 Å². The SMILES string of the molecule is COc1cc(CNc2ccc3c(c2)CCO3)cc(Br)c1O. The smallest absolute Gasteiger partial charge is 0.172 e. The van der Waals surface area contributed by atoms with Crippen LogP contribution in [0.4, 0.5) is 5.69 Å². The van der Waals surface area contributed by atoms with Gasteiger partial charge in [0.15, 0.2) is 11.5 Å². The van der Waals surface area contributed by atoms with Gasteiger partial charge in [-0.05, 0) is 57.4 Å². The van der Waals surface area contributed by atoms with Crippen molar-refractivity contribution in [3.63, 3.8) is 0 Å². The van der Waals surface area contributed by atoms with Gasteiger partial charge in [0, 0.05) is 18.7 Å². The molecule has 1 heterocycles. The lowest BCUT2D eigenvalue weighted by molar-refractivity contribution is 0.357. The van der Waals surface area contributed by atoms with E-state index in [4.69, 9.17) is 9.47 Å². The van der Waals surface area contributed by atoms with Crippen molar-refractivity contribution in [2.75, 3.05) is 19.0 Å². The van der Waals surface area contributed by atoms with E-state index in [-0.39, 0.29) is 5.75 Å². The Hall–Kier alpha value is -1.88. The number of phenolic OH excluding ortho intramolecular Hbond substituents is 1. The first-order valence-electron chi connectivity index (χ1n) is 6.72. The quantitative estimate of drug-likeness (QED) is 0.883. The molecule has 0 radical (unpaired) electrons. The zero-order chi connectivity index (χ0) is 14.8. The summed E-state index contributed by atoms with van der Waals surface area (Å²) in [7, 11) is 1.54. The fourth-order valence-electron chi connectivity index (χ4n) is 2.39. The summed E-state index contributed by atoms with van der Waals surface area (Å²) >= 11 is 3.33. The summed E-state index contributed by atoms with van der Waals surface area (Å²) < 4.78 is 11.3. The van der Waals surface area contributed by atoms with Gasteiger partial charge in [0.25, 0.3) is 0 Å². The summed E-state index contributed by atoms with van der Waals surface area (Å²) in [4.78, 5) is 0. The molecule has 0 atom stereocenters. The number of hydrogen-bond acceptors (Lipinski definition) is 4. The van der Waals surface area contributed by atoms with Crippen LogP contribution in [0.15, 0.2) is 34.8 Å². The summed E-state index contributed by atoms with van der Waals surface area (Å²) in [5, 5.41) is 13.2. The number of ether oxygens (including phenoxy) is 2. The molecule has 0 saturated heterocycles. The van der Waals surface area contributed by atoms with Crippen LogP contribution >= 0.6 is 15.9 Å². The third-order valence-electron chi connectivity index (χ3n) is 3.49. The van der Waals surface area contributed by atoms with Gasteiger partial charge in [-0.3, -0.25) is 0 Å². The Balaban J connectivity index is 1.74. The van der Waals surface area contributed by atoms with Crippen molar-refractivity contribution in [1.29, 1.82) is 0 Å². The van der Waals surface area contributed by atoms with E-state index in [1.807, 2.05) is 24.3 Å². The molecule has 2 aromatic carbocycles. The molecular formula is C16H16BrNO3. The van der Waals surface area contributed by atoms with Crippen LogP contribution in [0, 0.1) is 0 Å². The highest BCUT2D eigenvalue weighted by molar-refractivity contribution is 9.10. The van der Waals surface area contributed by atoms with E-state index < -0.39 is 0 Å². The van der Waals surface area contributed by atoms with Crippen LogP contribution in [0.25, 0.3) is 0 Å². The van der Waals surface area contributed by atoms with E-state index in [1.165, 1.54) is 5.56 Å². The second-order valence-electron chi connectivity index (χ2n) is 4.90. The van der Waals surface area contributed by atoms with E-state index in [1.54, 1.807) is 7.11 Å². The van der Waals surface area contributed by atoms with Gasteiger partial charge in [-0.1, -0.05) is 0 Å². The second-order valence-corrected chi connectivity index (χ2v) is 5.76. The normalized spacial score (nSPS) is 12.7. The number of nitrogens with one attached hydrogen (secondary N) is 1. The average Bonchev–Trinajstić information content (AvgIpc) is 2.95. The van der Waals surface area contributed by atoms with Gasteiger partial charge in [-0.25, -0.2) is 0 Å². The molecule has 21 heavy (non-hydrogen) atoms. The lowest BCUT2D eigenvalue weighted by Gasteiger charge is -2.11. The van der Waals surface area contributed by atoms with Crippen LogP contribution in [0.5, 0.6) is 17.2 Å². The van der Waals surface area contributed by atoms with Crippen LogP contribution in [-0.2, 0) is 13.0 Å². The highest BCUT2D eigenvalue weighted by Crippen LogP contribution is 2.35. The minimum absolute atomic E-state index is 0.121. The number of hydrogen-bond donors (Lipinski definition) is 2. The molecule has 0 aromatic heterocycles. The molecule has 0 unspecified atom stereocenters. The maximum Gasteiger partial charge on any atom is 0.172 e. The third-order valence-corrected chi connectivity index (χ3v) is 4.10. The fraction of sp³-hybridized carbons (Fsp3) is 0.250.